The third kappa shape index (κ3) is 4.43. The maximum atomic E-state index is 14.4. The predicted molar refractivity (Wildman–Crippen MR) is 102 cm³/mol. The lowest BCUT2D eigenvalue weighted by molar-refractivity contribution is -0.123. The highest BCUT2D eigenvalue weighted by Gasteiger charge is 2.47. The Balaban J connectivity index is 1.70. The minimum Gasteiger partial charge on any atom is -0.336 e. The van der Waals surface area contributed by atoms with Crippen LogP contribution in [0.15, 0.2) is 41.8 Å². The van der Waals surface area contributed by atoms with Crippen molar-refractivity contribution < 1.29 is 22.6 Å². The molecule has 1 saturated carbocycles. The predicted octanol–water partition coefficient (Wildman–Crippen LogP) is 2.14. The lowest BCUT2D eigenvalue weighted by atomic mass is 10.1. The van der Waals surface area contributed by atoms with Gasteiger partial charge in [0, 0.05) is 24.4 Å². The molecule has 3 rings (SSSR count). The monoisotopic (exact) mass is 421 g/mol. The molecule has 3 atom stereocenters. The van der Waals surface area contributed by atoms with Crippen molar-refractivity contribution in [2.75, 3.05) is 6.54 Å². The van der Waals surface area contributed by atoms with E-state index in [9.17, 15) is 22.6 Å². The van der Waals surface area contributed by atoms with Gasteiger partial charge in [-0.1, -0.05) is 24.3 Å². The van der Waals surface area contributed by atoms with Crippen molar-refractivity contribution in [3.8, 4) is 6.07 Å². The Kier molecular flexibility index (Phi) is 5.96. The number of nitriles is 1. The molecule has 1 aromatic carbocycles. The van der Waals surface area contributed by atoms with E-state index in [1.807, 2.05) is 0 Å². The van der Waals surface area contributed by atoms with E-state index < -0.39 is 51.3 Å². The van der Waals surface area contributed by atoms with E-state index in [4.69, 9.17) is 5.26 Å². The third-order valence-electron chi connectivity index (χ3n) is 5.17. The molecule has 1 amide bonds. The molecule has 1 saturated heterocycles. The van der Waals surface area contributed by atoms with Gasteiger partial charge in [-0.25, -0.2) is 13.0 Å². The molecule has 0 bridgehead atoms. The zero-order valence-corrected chi connectivity index (χ0v) is 16.4. The molecule has 6 nitrogen and oxygen atoms in total. The van der Waals surface area contributed by atoms with E-state index >= 15 is 0 Å². The minimum atomic E-state index is -3.29. The zero-order valence-electron chi connectivity index (χ0n) is 15.6. The summed E-state index contributed by atoms with van der Waals surface area (Å²) in [6.45, 7) is 3.43. The highest BCUT2D eigenvalue weighted by molar-refractivity contribution is 8.00. The minimum absolute atomic E-state index is 0.100. The van der Waals surface area contributed by atoms with Crippen LogP contribution in [-0.2, 0) is 26.3 Å². The van der Waals surface area contributed by atoms with Crippen molar-refractivity contribution in [1.29, 1.82) is 5.26 Å². The van der Waals surface area contributed by atoms with Crippen LogP contribution in [0.2, 0.25) is 0 Å². The second-order valence-electron chi connectivity index (χ2n) is 7.36. The van der Waals surface area contributed by atoms with Crippen LogP contribution in [0.5, 0.6) is 0 Å². The molecule has 0 radical (unpaired) electrons. The van der Waals surface area contributed by atoms with Gasteiger partial charge in [-0.2, -0.15) is 5.26 Å². The van der Waals surface area contributed by atoms with Crippen LogP contribution in [0.4, 0.5) is 8.78 Å². The van der Waals surface area contributed by atoms with Gasteiger partial charge in [-0.3, -0.25) is 9.59 Å². The number of carbonyl (C=O) groups excluding carboxylic acids is 2. The highest BCUT2D eigenvalue weighted by atomic mass is 32.2. The highest BCUT2D eigenvalue weighted by Crippen LogP contribution is 2.37. The van der Waals surface area contributed by atoms with E-state index in [2.05, 4.69) is 23.3 Å². The van der Waals surface area contributed by atoms with Crippen LogP contribution in [0.1, 0.15) is 31.2 Å². The lowest BCUT2D eigenvalue weighted by Crippen LogP contribution is -2.45. The molecule has 2 N–H and O–H groups in total. The van der Waals surface area contributed by atoms with Gasteiger partial charge in [0.25, 0.3) is 5.92 Å². The molecule has 1 heterocycles. The topological polar surface area (TPSA) is 99.1 Å². The summed E-state index contributed by atoms with van der Waals surface area (Å²) in [6, 6.07) is 6.64. The molecule has 9 heteroatoms. The normalized spacial score (nSPS) is 23.6. The Bertz CT molecular complexity index is 908. The molecule has 29 heavy (non-hydrogen) atoms. The Morgan fingerprint density at radius 1 is 1.41 bits per heavy atom. The van der Waals surface area contributed by atoms with E-state index in [1.54, 1.807) is 0 Å². The van der Waals surface area contributed by atoms with Gasteiger partial charge >= 0.3 is 0 Å². The van der Waals surface area contributed by atoms with Gasteiger partial charge in [-0.05, 0) is 25.3 Å². The van der Waals surface area contributed by atoms with E-state index in [1.165, 1.54) is 18.2 Å². The first-order valence-corrected chi connectivity index (χ1v) is 10.4. The second-order valence-corrected chi connectivity index (χ2v) is 8.74. The first-order chi connectivity index (χ1) is 13.7. The molecular weight excluding hydrogens is 400 g/mol. The summed E-state index contributed by atoms with van der Waals surface area (Å²) in [4.78, 5) is 24.8. The number of nitrogens with zero attached hydrogens (tertiary/aromatic N) is 1. The summed E-state index contributed by atoms with van der Waals surface area (Å²) in [5.74, 6) is -4.42. The number of carbonyl (C=O) groups is 2. The average molecular weight is 421 g/mol. The van der Waals surface area contributed by atoms with Crippen molar-refractivity contribution in [2.24, 2.45) is 5.92 Å². The molecule has 1 unspecified atom stereocenters. The van der Waals surface area contributed by atoms with Crippen LogP contribution in [-0.4, -0.2) is 33.4 Å². The maximum absolute atomic E-state index is 14.4. The summed E-state index contributed by atoms with van der Waals surface area (Å²) in [7, 11) is -2.29. The van der Waals surface area contributed by atoms with Crippen LogP contribution in [0, 0.1) is 17.2 Å². The zero-order chi connectivity index (χ0) is 21.2. The van der Waals surface area contributed by atoms with Gasteiger partial charge < -0.3 is 10.6 Å². The van der Waals surface area contributed by atoms with E-state index in [0.717, 1.165) is 12.1 Å². The summed E-state index contributed by atoms with van der Waals surface area (Å²) >= 11 is 0. The number of hydrogen-bond acceptors (Lipinski definition) is 5. The van der Waals surface area contributed by atoms with Gasteiger partial charge in [0.1, 0.15) is 16.3 Å². The van der Waals surface area contributed by atoms with Crippen LogP contribution in [0.25, 0.3) is 0 Å². The van der Waals surface area contributed by atoms with Crippen LogP contribution in [0.3, 0.4) is 0 Å². The van der Waals surface area contributed by atoms with Crippen molar-refractivity contribution in [2.45, 2.75) is 48.1 Å². The lowest BCUT2D eigenvalue weighted by Gasteiger charge is -2.18. The van der Waals surface area contributed by atoms with Crippen LogP contribution >= 0.6 is 0 Å². The number of nitrogens with one attached hydrogen (secondary N) is 2. The largest absolute Gasteiger partial charge is 0.336 e. The fourth-order valence-corrected chi connectivity index (χ4v) is 4.63. The van der Waals surface area contributed by atoms with Crippen molar-refractivity contribution >= 4 is 21.8 Å². The molecule has 1 aliphatic heterocycles. The fraction of sp³-hybridized carbons (Fsp3) is 0.450. The molecule has 154 valence electrons. The number of hydrogen-bond donors (Lipinski definition) is 2. The van der Waals surface area contributed by atoms with Gasteiger partial charge in [0.2, 0.25) is 11.0 Å². The first-order valence-electron chi connectivity index (χ1n) is 9.23. The Morgan fingerprint density at radius 2 is 2.10 bits per heavy atom. The average Bonchev–Trinajstić information content (AvgIpc) is 3.30. The molecule has 2 fully saturated rings. The number of amides is 1. The third-order valence-corrected chi connectivity index (χ3v) is 6.63. The Morgan fingerprint density at radius 3 is 2.72 bits per heavy atom. The first kappa shape index (κ1) is 21.3. The molecular formula is C20H21F2N3O3S. The molecule has 1 aromatic rings. The summed E-state index contributed by atoms with van der Waals surface area (Å²) in [6.07, 6.45) is 1.71. The number of benzene rings is 1. The molecule has 0 aromatic heterocycles. The fourth-order valence-electron chi connectivity index (χ4n) is 3.31. The van der Waals surface area contributed by atoms with E-state index in [0.29, 0.717) is 12.8 Å². The quantitative estimate of drug-likeness (QED) is 0.658. The summed E-state index contributed by atoms with van der Waals surface area (Å²) < 4.78 is 41.5. The number of rotatable bonds is 7. The van der Waals surface area contributed by atoms with Crippen molar-refractivity contribution in [1.82, 2.24) is 10.6 Å². The molecule has 0 spiro atoms. The van der Waals surface area contributed by atoms with Crippen LogP contribution < -0.4 is 10.6 Å². The maximum Gasteiger partial charge on any atom is 0.277 e. The summed E-state index contributed by atoms with van der Waals surface area (Å²) in [5.41, 5.74) is -1.28. The van der Waals surface area contributed by atoms with Gasteiger partial charge in [0.05, 0.1) is 17.0 Å². The van der Waals surface area contributed by atoms with Crippen molar-refractivity contribution in [3.63, 3.8) is 0 Å². The van der Waals surface area contributed by atoms with Gasteiger partial charge in [0.15, 0.2) is 0 Å². The second kappa shape index (κ2) is 8.13. The molecule has 1 aliphatic carbocycles. The summed E-state index contributed by atoms with van der Waals surface area (Å²) in [5, 5.41) is 13.9. The number of halogens is 2. The van der Waals surface area contributed by atoms with Crippen molar-refractivity contribution in [3.05, 3.63) is 42.5 Å². The van der Waals surface area contributed by atoms with Gasteiger partial charge in [-0.15, -0.1) is 6.58 Å². The number of alkyl halides is 2. The smallest absolute Gasteiger partial charge is 0.277 e. The Hall–Kier alpha value is -2.44. The Labute approximate surface area is 169 Å². The molecule has 2 aliphatic rings. The number of allylic oxidation sites excluding steroid dienone is 1. The SMILES string of the molecule is C=CCC(F)(F)c1ccccc1S(=O)C(=O)[C@H]1CN[C@H](C(=O)NC2(C#N)CC2)C1. The standard InChI is InChI=1S/C20H21F2N3O3S/c1-2-7-20(21,22)14-5-3-4-6-16(14)29(28)18(27)13-10-15(24-11-13)17(26)25-19(12-23)8-9-19/h2-6,13,15,24H,1,7-11H2,(H,25,26)/t13-,15+,29?/m1/s1. The van der Waals surface area contributed by atoms with E-state index in [-0.39, 0.29) is 23.8 Å².